The molecule has 0 aliphatic heterocycles. The summed E-state index contributed by atoms with van der Waals surface area (Å²) in [6.07, 6.45) is -50.9. The quantitative estimate of drug-likeness (QED) is 0.0919. The van der Waals surface area contributed by atoms with Crippen LogP contribution < -0.4 is 31.4 Å². The monoisotopic (exact) mass is 1140 g/mol. The van der Waals surface area contributed by atoms with E-state index in [0.29, 0.717) is 0 Å². The van der Waals surface area contributed by atoms with Gasteiger partial charge in [-0.2, -0.15) is 127 Å². The average molecular weight is 1140 g/mol. The van der Waals surface area contributed by atoms with Crippen molar-refractivity contribution in [1.29, 1.82) is 0 Å². The second-order valence-electron chi connectivity index (χ2n) is 17.3. The molecule has 5 aromatic carbocycles. The van der Waals surface area contributed by atoms with Crippen molar-refractivity contribution in [3.63, 3.8) is 0 Å². The lowest BCUT2D eigenvalue weighted by molar-refractivity contribution is -0.874. The Morgan fingerprint density at radius 2 is 0.538 bits per heavy atom. The number of rotatable bonds is 6. The van der Waals surface area contributed by atoms with Crippen LogP contribution in [-0.4, -0.2) is 6.15 Å². The van der Waals surface area contributed by atoms with Crippen LogP contribution in [0.15, 0.2) is 158 Å². The second kappa shape index (κ2) is 20.0. The summed E-state index contributed by atoms with van der Waals surface area (Å²) in [5, 5.41) is 2.36. The van der Waals surface area contributed by atoms with Gasteiger partial charge in [-0.1, -0.05) is 97.1 Å². The van der Waals surface area contributed by atoms with E-state index < -0.39 is 195 Å². The molecule has 0 saturated carbocycles. The van der Waals surface area contributed by atoms with Gasteiger partial charge in [-0.05, 0) is 59.0 Å². The highest BCUT2D eigenvalue weighted by Crippen LogP contribution is 2.42. The van der Waals surface area contributed by atoms with E-state index in [9.17, 15) is 105 Å². The van der Waals surface area contributed by atoms with Crippen molar-refractivity contribution in [3.8, 4) is 16.9 Å². The number of aromatic nitrogens is 1. The highest BCUT2D eigenvalue weighted by atomic mass is 19.4. The molecule has 0 saturated heterocycles. The number of nitrogens with zero attached hydrogens (tertiary/aromatic N) is 1. The Morgan fingerprint density at radius 1 is 0.282 bits per heavy atom. The van der Waals surface area contributed by atoms with Crippen LogP contribution in [0.5, 0.6) is 5.75 Å². The molecule has 27 heteroatoms. The molecule has 0 amide bonds. The van der Waals surface area contributed by atoms with Crippen LogP contribution in [-0.2, 0) is 49.4 Å². The van der Waals surface area contributed by atoms with Gasteiger partial charge >= 0.3 is 49.4 Å². The van der Waals surface area contributed by atoms with Gasteiger partial charge in [0.25, 0.3) is 0 Å². The van der Waals surface area contributed by atoms with Crippen molar-refractivity contribution in [3.05, 3.63) is 202 Å². The molecule has 2 nitrogen and oxygen atoms in total. The molecule has 0 bridgehead atoms. The maximum atomic E-state index is 14.2. The third-order valence-electron chi connectivity index (χ3n) is 12.0. The second-order valence-corrected chi connectivity index (χ2v) is 17.3. The number of pyridine rings is 1. The fourth-order valence-corrected chi connectivity index (χ4v) is 8.60. The molecule has 1 aromatic heterocycles. The highest BCUT2D eigenvalue weighted by molar-refractivity contribution is 7.20. The van der Waals surface area contributed by atoms with Gasteiger partial charge in [-0.25, -0.2) is 4.84 Å². The van der Waals surface area contributed by atoms with Crippen molar-refractivity contribution in [1.82, 2.24) is 0 Å². The van der Waals surface area contributed by atoms with Gasteiger partial charge in [-0.3, -0.25) is 0 Å². The van der Waals surface area contributed by atoms with Gasteiger partial charge in [0.2, 0.25) is 18.1 Å². The van der Waals surface area contributed by atoms with Gasteiger partial charge in [-0.15, -0.1) is 0 Å². The molecule has 0 spiro atoms. The van der Waals surface area contributed by atoms with E-state index in [0.717, 1.165) is 11.1 Å². The molecule has 6 aromatic rings. The van der Waals surface area contributed by atoms with Crippen LogP contribution >= 0.6 is 0 Å². The highest BCUT2D eigenvalue weighted by Gasteiger charge is 2.47. The van der Waals surface area contributed by atoms with Crippen molar-refractivity contribution in [2.45, 2.75) is 49.4 Å². The first kappa shape index (κ1) is 58.1. The third kappa shape index (κ3) is 12.7. The van der Waals surface area contributed by atoms with Crippen LogP contribution in [0.25, 0.3) is 21.9 Å². The lowest BCUT2D eigenvalue weighted by Crippen LogP contribution is -2.75. The number of benzene rings is 5. The predicted molar refractivity (Wildman–Crippen MR) is 233 cm³/mol. The van der Waals surface area contributed by atoms with Crippen LogP contribution in [0.3, 0.4) is 0 Å². The Morgan fingerprint density at radius 3 is 0.808 bits per heavy atom. The lowest BCUT2D eigenvalue weighted by atomic mass is 9.12. The molecule has 78 heavy (non-hydrogen) atoms. The Bertz CT molecular complexity index is 2980. The van der Waals surface area contributed by atoms with E-state index in [1.807, 2.05) is 42.7 Å². The molecule has 0 fully saturated rings. The molecular weight excluding hydrogens is 1110 g/mol. The van der Waals surface area contributed by atoms with Gasteiger partial charge in [0.15, 0.2) is 0 Å². The van der Waals surface area contributed by atoms with Crippen molar-refractivity contribution in [2.75, 3.05) is 0 Å². The van der Waals surface area contributed by atoms with Crippen LogP contribution in [0.4, 0.5) is 105 Å². The summed E-state index contributed by atoms with van der Waals surface area (Å²) < 4.78 is 343. The average Bonchev–Trinajstić information content (AvgIpc) is 3.73. The Hall–Kier alpha value is -7.61. The van der Waals surface area contributed by atoms with E-state index in [1.165, 1.54) is 16.5 Å². The smallest absolute Gasteiger partial charge is 0.231 e. The zero-order valence-corrected chi connectivity index (χ0v) is 38.0. The number of fused-ring (bicyclic) bond motifs is 2. The minimum atomic E-state index is -6.13. The molecule has 412 valence electrons. The summed E-state index contributed by atoms with van der Waals surface area (Å²) in [4.78, 5) is 5.92. The fraction of sp³-hybridized carbons (Fsp3) is 0.157. The van der Waals surface area contributed by atoms with Crippen LogP contribution in [0, 0.1) is 0 Å². The number of hydrogen-bond acceptors (Lipinski definition) is 1. The lowest BCUT2D eigenvalue weighted by Gasteiger charge is -2.46. The first-order chi connectivity index (χ1) is 35.6. The predicted octanol–water partition coefficient (Wildman–Crippen LogP) is 15.3. The topological polar surface area (TPSA) is 13.1 Å². The molecule has 2 aliphatic carbocycles. The van der Waals surface area contributed by atoms with Crippen molar-refractivity contribution in [2.24, 2.45) is 0 Å². The van der Waals surface area contributed by atoms with Gasteiger partial charge < -0.3 is 0 Å². The number of hydrogen-bond donors (Lipinski definition) is 0. The normalized spacial score (nSPS) is 13.4. The molecule has 0 N–H and O–H groups in total. The first-order valence-electron chi connectivity index (χ1n) is 21.6. The van der Waals surface area contributed by atoms with Crippen LogP contribution in [0.2, 0.25) is 0 Å². The minimum Gasteiger partial charge on any atom is -0.231 e. The number of alkyl halides is 24. The summed E-state index contributed by atoms with van der Waals surface area (Å²) in [7, 11) is 0. The first-order valence-corrected chi connectivity index (χ1v) is 21.6. The maximum Gasteiger partial charge on any atom is 0.416 e. The van der Waals surface area contributed by atoms with Gasteiger partial charge in [0, 0.05) is 10.8 Å². The molecular formula is C51H26BF24NO. The largest absolute Gasteiger partial charge is 0.416 e. The zero-order chi connectivity index (χ0) is 58.0. The summed E-state index contributed by atoms with van der Waals surface area (Å²) in [6.45, 7) is 0. The van der Waals surface area contributed by atoms with Crippen LogP contribution in [0.1, 0.15) is 44.5 Å². The molecule has 0 unspecified atom stereocenters. The summed E-state index contributed by atoms with van der Waals surface area (Å²) in [5.74, 6) is 0.844. The van der Waals surface area contributed by atoms with E-state index in [2.05, 4.69) is 42.5 Å². The summed E-state index contributed by atoms with van der Waals surface area (Å²) in [5.41, 5.74) is -27.9. The SMILES string of the molecule is FC(F)(F)c1cc([B-](c2cc(C(F)(F)F)cc(C(F)(F)F)c2)(c2cc(C(F)(F)F)cc(C(F)(F)F)c2)c2cc(C(F)(F)F)cc(C(F)(F)F)c2)cc(C(F)(F)F)c1.c1ccc2cc(O[n+]3ccc4ccccc4c3)cc-2cc1. The molecule has 1 heterocycles. The van der Waals surface area contributed by atoms with Crippen molar-refractivity contribution < 1.29 is 115 Å². The Kier molecular flexibility index (Phi) is 14.9. The summed E-state index contributed by atoms with van der Waals surface area (Å²) >= 11 is 0. The molecule has 0 radical (unpaired) electrons. The number of halogens is 24. The fourth-order valence-electron chi connectivity index (χ4n) is 8.60. The molecule has 8 rings (SSSR count). The zero-order valence-electron chi connectivity index (χ0n) is 38.0. The Balaban J connectivity index is 0.000000344. The Labute approximate surface area is 421 Å². The standard InChI is InChI=1S/C32H12BF24.C19H14NO/c34-25(35,36)13-1-14(26(37,38)39)6-21(5-13)33(22-7-15(27(40,41)42)2-16(8-22)28(43,44)45,23-9-17(29(46,47)48)3-18(10-23)30(49,50)51)24-11-19(31(52,53)54)4-20(12-24)32(55,56)57;1-2-7-16-12-19(13-17(16)8-3-1)21-20-11-10-15-6-4-5-9-18(15)14-20/h1-12H;1-14H/q-1;+1. The molecule has 0 atom stereocenters. The molecule has 2 aliphatic rings. The summed E-state index contributed by atoms with van der Waals surface area (Å²) in [6, 6.07) is 15.9. The van der Waals surface area contributed by atoms with Crippen molar-refractivity contribution >= 4 is 38.8 Å². The van der Waals surface area contributed by atoms with E-state index in [4.69, 9.17) is 4.84 Å². The van der Waals surface area contributed by atoms with E-state index in [1.54, 1.807) is 4.73 Å². The minimum absolute atomic E-state index is 0.691. The maximum absolute atomic E-state index is 14.2. The van der Waals surface area contributed by atoms with E-state index >= 15 is 0 Å². The third-order valence-corrected chi connectivity index (χ3v) is 12.0. The van der Waals surface area contributed by atoms with E-state index in [-0.39, 0.29) is 0 Å². The van der Waals surface area contributed by atoms with Gasteiger partial charge in [0.05, 0.1) is 49.9 Å². The van der Waals surface area contributed by atoms with Gasteiger partial charge in [0.1, 0.15) is 6.15 Å².